The Hall–Kier alpha value is -1.50. The first-order valence-electron chi connectivity index (χ1n) is 6.30. The molecule has 4 nitrogen and oxygen atoms in total. The van der Waals surface area contributed by atoms with Crippen LogP contribution in [0.3, 0.4) is 0 Å². The number of alkyl halides is 2. The third-order valence-electron chi connectivity index (χ3n) is 3.21. The first-order valence-corrected chi connectivity index (χ1v) is 7.79. The Labute approximate surface area is 116 Å². The van der Waals surface area contributed by atoms with E-state index in [1.165, 1.54) is 12.1 Å². The molecule has 0 heterocycles. The summed E-state index contributed by atoms with van der Waals surface area (Å²) in [6, 6.07) is 6.32. The van der Waals surface area contributed by atoms with Gasteiger partial charge >= 0.3 is 0 Å². The number of rotatable bonds is 3. The standard InChI is InChI=1S/C13H16F2N2O2S/c1-10-2-4-12(5-3-10)20(18,19)17-16-11-6-8-13(14,15)9-7-11/h2-5,17H,6-9H2,1H3. The lowest BCUT2D eigenvalue weighted by Gasteiger charge is -2.22. The summed E-state index contributed by atoms with van der Waals surface area (Å²) in [7, 11) is -3.73. The maximum atomic E-state index is 13.0. The highest BCUT2D eigenvalue weighted by molar-refractivity contribution is 7.89. The van der Waals surface area contributed by atoms with Crippen LogP contribution in [0, 0.1) is 6.92 Å². The number of nitrogens with one attached hydrogen (secondary N) is 1. The zero-order chi connectivity index (χ0) is 14.8. The van der Waals surface area contributed by atoms with Gasteiger partial charge in [0.2, 0.25) is 5.92 Å². The predicted molar refractivity (Wildman–Crippen MR) is 72.4 cm³/mol. The van der Waals surface area contributed by atoms with E-state index in [9.17, 15) is 17.2 Å². The van der Waals surface area contributed by atoms with Crippen molar-refractivity contribution in [3.05, 3.63) is 29.8 Å². The summed E-state index contributed by atoms with van der Waals surface area (Å²) in [5.41, 5.74) is 1.41. The van der Waals surface area contributed by atoms with Gasteiger partial charge in [-0.2, -0.15) is 13.5 Å². The maximum absolute atomic E-state index is 13.0. The Bertz CT molecular complexity index is 598. The fraction of sp³-hybridized carbons (Fsp3) is 0.462. The highest BCUT2D eigenvalue weighted by atomic mass is 32.2. The fourth-order valence-electron chi connectivity index (χ4n) is 1.91. The van der Waals surface area contributed by atoms with E-state index in [-0.39, 0.29) is 30.6 Å². The van der Waals surface area contributed by atoms with E-state index in [4.69, 9.17) is 0 Å². The van der Waals surface area contributed by atoms with E-state index in [2.05, 4.69) is 9.93 Å². The molecule has 1 N–H and O–H groups in total. The second-order valence-electron chi connectivity index (χ2n) is 4.94. The summed E-state index contributed by atoms with van der Waals surface area (Å²) in [5.74, 6) is -2.66. The normalized spacial score (nSPS) is 18.6. The molecule has 0 radical (unpaired) electrons. The molecule has 20 heavy (non-hydrogen) atoms. The highest BCUT2D eigenvalue weighted by Gasteiger charge is 2.33. The number of hydrogen-bond acceptors (Lipinski definition) is 3. The molecule has 0 bridgehead atoms. The van der Waals surface area contributed by atoms with Crippen molar-refractivity contribution in [2.75, 3.05) is 0 Å². The lowest BCUT2D eigenvalue weighted by atomic mass is 9.95. The van der Waals surface area contributed by atoms with E-state index >= 15 is 0 Å². The largest absolute Gasteiger partial charge is 0.276 e. The molecule has 0 unspecified atom stereocenters. The van der Waals surface area contributed by atoms with Crippen molar-refractivity contribution < 1.29 is 17.2 Å². The summed E-state index contributed by atoms with van der Waals surface area (Å²) < 4.78 is 49.8. The average Bonchev–Trinajstić information content (AvgIpc) is 2.38. The van der Waals surface area contributed by atoms with Crippen molar-refractivity contribution in [2.45, 2.75) is 43.4 Å². The van der Waals surface area contributed by atoms with Crippen molar-refractivity contribution in [1.82, 2.24) is 4.83 Å². The Morgan fingerprint density at radius 2 is 1.70 bits per heavy atom. The number of aryl methyl sites for hydroxylation is 1. The van der Waals surface area contributed by atoms with E-state index in [0.29, 0.717) is 5.71 Å². The minimum absolute atomic E-state index is 0.105. The van der Waals surface area contributed by atoms with Gasteiger partial charge in [-0.3, -0.25) is 0 Å². The van der Waals surface area contributed by atoms with E-state index in [0.717, 1.165) is 5.56 Å². The first-order chi connectivity index (χ1) is 9.28. The van der Waals surface area contributed by atoms with Crippen LogP contribution in [0.2, 0.25) is 0 Å². The van der Waals surface area contributed by atoms with E-state index < -0.39 is 15.9 Å². The molecular weight excluding hydrogens is 286 g/mol. The quantitative estimate of drug-likeness (QED) is 0.873. The lowest BCUT2D eigenvalue weighted by Crippen LogP contribution is -2.27. The van der Waals surface area contributed by atoms with Crippen molar-refractivity contribution in [3.8, 4) is 0 Å². The van der Waals surface area contributed by atoms with Crippen LogP contribution >= 0.6 is 0 Å². The number of sulfonamides is 1. The molecule has 1 aromatic carbocycles. The smallest absolute Gasteiger partial charge is 0.207 e. The summed E-state index contributed by atoms with van der Waals surface area (Å²) in [5, 5.41) is 3.76. The number of halogens is 2. The topological polar surface area (TPSA) is 58.5 Å². The van der Waals surface area contributed by atoms with Crippen molar-refractivity contribution in [1.29, 1.82) is 0 Å². The molecule has 7 heteroatoms. The molecule has 0 saturated heterocycles. The maximum Gasteiger partial charge on any atom is 0.276 e. The second kappa shape index (κ2) is 5.47. The van der Waals surface area contributed by atoms with Gasteiger partial charge in [-0.1, -0.05) is 17.7 Å². The van der Waals surface area contributed by atoms with Crippen molar-refractivity contribution in [2.24, 2.45) is 5.10 Å². The van der Waals surface area contributed by atoms with Crippen LogP contribution in [0.5, 0.6) is 0 Å². The lowest BCUT2D eigenvalue weighted by molar-refractivity contribution is -0.0181. The summed E-state index contributed by atoms with van der Waals surface area (Å²) >= 11 is 0. The van der Waals surface area contributed by atoms with Crippen LogP contribution < -0.4 is 4.83 Å². The SMILES string of the molecule is Cc1ccc(S(=O)(=O)NN=C2CCC(F)(F)CC2)cc1. The minimum atomic E-state index is -3.73. The van der Waals surface area contributed by atoms with Gasteiger partial charge in [0.15, 0.2) is 0 Å². The number of nitrogens with zero attached hydrogens (tertiary/aromatic N) is 1. The summed E-state index contributed by atoms with van der Waals surface area (Å²) in [4.78, 5) is 2.21. The molecule has 0 spiro atoms. The van der Waals surface area contributed by atoms with E-state index in [1.807, 2.05) is 6.92 Å². The highest BCUT2D eigenvalue weighted by Crippen LogP contribution is 2.31. The molecule has 0 atom stereocenters. The molecule has 0 aliphatic heterocycles. The van der Waals surface area contributed by atoms with Crippen LogP contribution in [-0.2, 0) is 10.0 Å². The van der Waals surface area contributed by atoms with Gasteiger partial charge in [-0.25, -0.2) is 13.6 Å². The molecular formula is C13H16F2N2O2S. The van der Waals surface area contributed by atoms with Crippen molar-refractivity contribution >= 4 is 15.7 Å². The number of hydrazone groups is 1. The Kier molecular flexibility index (Phi) is 4.08. The van der Waals surface area contributed by atoms with Crippen LogP contribution in [-0.4, -0.2) is 20.1 Å². The average molecular weight is 302 g/mol. The van der Waals surface area contributed by atoms with Crippen LogP contribution in [0.25, 0.3) is 0 Å². The number of benzene rings is 1. The van der Waals surface area contributed by atoms with Gasteiger partial charge in [0.05, 0.1) is 4.90 Å². The molecule has 1 saturated carbocycles. The number of hydrogen-bond donors (Lipinski definition) is 1. The van der Waals surface area contributed by atoms with Gasteiger partial charge in [-0.15, -0.1) is 0 Å². The molecule has 1 aliphatic rings. The van der Waals surface area contributed by atoms with Gasteiger partial charge in [0.25, 0.3) is 10.0 Å². The molecule has 110 valence electrons. The first kappa shape index (κ1) is 14.9. The Balaban J connectivity index is 2.04. The molecule has 1 aliphatic carbocycles. The zero-order valence-corrected chi connectivity index (χ0v) is 11.9. The van der Waals surface area contributed by atoms with Gasteiger partial charge in [0, 0.05) is 18.6 Å². The van der Waals surface area contributed by atoms with Crippen LogP contribution in [0.4, 0.5) is 8.78 Å². The Morgan fingerprint density at radius 3 is 2.25 bits per heavy atom. The molecule has 1 aromatic rings. The van der Waals surface area contributed by atoms with Crippen LogP contribution in [0.15, 0.2) is 34.3 Å². The molecule has 0 amide bonds. The van der Waals surface area contributed by atoms with Gasteiger partial charge < -0.3 is 0 Å². The van der Waals surface area contributed by atoms with Crippen LogP contribution in [0.1, 0.15) is 31.2 Å². The van der Waals surface area contributed by atoms with Gasteiger partial charge in [-0.05, 0) is 31.9 Å². The molecule has 0 aromatic heterocycles. The third-order valence-corrected chi connectivity index (χ3v) is 4.44. The fourth-order valence-corrected chi connectivity index (χ4v) is 2.76. The second-order valence-corrected chi connectivity index (χ2v) is 6.60. The summed E-state index contributed by atoms with van der Waals surface area (Å²) in [6.07, 6.45) is -0.330. The molecule has 1 fully saturated rings. The van der Waals surface area contributed by atoms with E-state index in [1.54, 1.807) is 12.1 Å². The zero-order valence-electron chi connectivity index (χ0n) is 11.1. The summed E-state index contributed by atoms with van der Waals surface area (Å²) in [6.45, 7) is 1.85. The Morgan fingerprint density at radius 1 is 1.15 bits per heavy atom. The van der Waals surface area contributed by atoms with Gasteiger partial charge in [0.1, 0.15) is 0 Å². The van der Waals surface area contributed by atoms with Crippen molar-refractivity contribution in [3.63, 3.8) is 0 Å². The monoisotopic (exact) mass is 302 g/mol. The predicted octanol–water partition coefficient (Wildman–Crippen LogP) is 2.84. The minimum Gasteiger partial charge on any atom is -0.207 e. The molecule has 2 rings (SSSR count). The third kappa shape index (κ3) is 3.75.